The zero-order chi connectivity index (χ0) is 12.8. The summed E-state index contributed by atoms with van der Waals surface area (Å²) in [5.74, 6) is 0.482. The quantitative estimate of drug-likeness (QED) is 0.892. The summed E-state index contributed by atoms with van der Waals surface area (Å²) in [6.07, 6.45) is 0.966. The first-order chi connectivity index (χ1) is 8.59. The molecule has 0 spiro atoms. The first-order valence-electron chi connectivity index (χ1n) is 6.07. The molecule has 2 heterocycles. The summed E-state index contributed by atoms with van der Waals surface area (Å²) in [7, 11) is -3.34. The van der Waals surface area contributed by atoms with Crippen LogP contribution in [0.4, 0.5) is 0 Å². The molecule has 0 amide bonds. The van der Waals surface area contributed by atoms with Gasteiger partial charge in [-0.05, 0) is 43.1 Å². The van der Waals surface area contributed by atoms with Gasteiger partial charge >= 0.3 is 0 Å². The van der Waals surface area contributed by atoms with Gasteiger partial charge in [0.15, 0.2) is 0 Å². The van der Waals surface area contributed by atoms with E-state index in [1.165, 1.54) is 0 Å². The second kappa shape index (κ2) is 4.59. The van der Waals surface area contributed by atoms with Gasteiger partial charge in [0.1, 0.15) is 0 Å². The van der Waals surface area contributed by atoms with Crippen LogP contribution in [0, 0.1) is 5.92 Å². The fourth-order valence-electron chi connectivity index (χ4n) is 2.85. The second-order valence-corrected chi connectivity index (χ2v) is 7.65. The predicted octanol–water partition coefficient (Wildman–Crippen LogP) is 1.43. The molecule has 2 saturated heterocycles. The van der Waals surface area contributed by atoms with Crippen LogP contribution in [0.1, 0.15) is 6.42 Å². The number of rotatable bonds is 2. The van der Waals surface area contributed by atoms with Crippen LogP contribution in [-0.2, 0) is 10.0 Å². The number of fused-ring (bicyclic) bond motifs is 1. The topological polar surface area (TPSA) is 49.4 Å². The Morgan fingerprint density at radius 3 is 2.67 bits per heavy atom. The van der Waals surface area contributed by atoms with E-state index in [4.69, 9.17) is 0 Å². The molecule has 1 aromatic rings. The Balaban J connectivity index is 1.93. The van der Waals surface area contributed by atoms with Gasteiger partial charge in [0.25, 0.3) is 0 Å². The highest BCUT2D eigenvalue weighted by molar-refractivity contribution is 9.10. The zero-order valence-corrected chi connectivity index (χ0v) is 12.2. The Kier molecular flexibility index (Phi) is 3.21. The van der Waals surface area contributed by atoms with Crippen molar-refractivity contribution in [1.29, 1.82) is 0 Å². The summed E-state index contributed by atoms with van der Waals surface area (Å²) in [6, 6.07) is 7.00. The normalized spacial score (nSPS) is 28.5. The van der Waals surface area contributed by atoms with Crippen LogP contribution < -0.4 is 5.32 Å². The maximum absolute atomic E-state index is 12.6. The van der Waals surface area contributed by atoms with E-state index in [9.17, 15) is 8.42 Å². The number of nitrogens with zero attached hydrogens (tertiary/aromatic N) is 1. The van der Waals surface area contributed by atoms with Crippen molar-refractivity contribution in [2.75, 3.05) is 19.6 Å². The number of halogens is 1. The lowest BCUT2D eigenvalue weighted by Gasteiger charge is -2.22. The molecule has 2 fully saturated rings. The van der Waals surface area contributed by atoms with Crippen molar-refractivity contribution in [2.24, 2.45) is 5.92 Å². The van der Waals surface area contributed by atoms with Crippen molar-refractivity contribution < 1.29 is 8.42 Å². The minimum atomic E-state index is -3.34. The van der Waals surface area contributed by atoms with Crippen LogP contribution >= 0.6 is 15.9 Å². The molecule has 1 N–H and O–H groups in total. The molecule has 0 aromatic heterocycles. The van der Waals surface area contributed by atoms with Crippen molar-refractivity contribution >= 4 is 26.0 Å². The minimum absolute atomic E-state index is 0.138. The van der Waals surface area contributed by atoms with Crippen LogP contribution in [0.15, 0.2) is 33.6 Å². The Morgan fingerprint density at radius 1 is 1.22 bits per heavy atom. The summed E-state index contributed by atoms with van der Waals surface area (Å²) >= 11 is 3.32. The summed E-state index contributed by atoms with van der Waals surface area (Å²) in [4.78, 5) is 0.387. The lowest BCUT2D eigenvalue weighted by Crippen LogP contribution is -2.38. The van der Waals surface area contributed by atoms with E-state index in [0.29, 0.717) is 17.4 Å². The third kappa shape index (κ3) is 2.01. The molecule has 2 aliphatic rings. The van der Waals surface area contributed by atoms with E-state index < -0.39 is 10.0 Å². The average molecular weight is 331 g/mol. The van der Waals surface area contributed by atoms with E-state index >= 15 is 0 Å². The average Bonchev–Trinajstić information content (AvgIpc) is 2.90. The fourth-order valence-corrected chi connectivity index (χ4v) is 4.81. The van der Waals surface area contributed by atoms with E-state index in [0.717, 1.165) is 24.0 Å². The number of nitrogens with one attached hydrogen (secondary N) is 1. The van der Waals surface area contributed by atoms with Crippen molar-refractivity contribution in [2.45, 2.75) is 17.4 Å². The molecular weight excluding hydrogens is 316 g/mol. The minimum Gasteiger partial charge on any atom is -0.315 e. The van der Waals surface area contributed by atoms with Crippen molar-refractivity contribution in [3.8, 4) is 0 Å². The van der Waals surface area contributed by atoms with Gasteiger partial charge in [-0.3, -0.25) is 0 Å². The third-order valence-corrected chi connectivity index (χ3v) is 6.28. The van der Waals surface area contributed by atoms with Crippen molar-refractivity contribution in [1.82, 2.24) is 9.62 Å². The molecule has 1 aromatic carbocycles. The Bertz CT molecular complexity index is 544. The summed E-state index contributed by atoms with van der Waals surface area (Å²) in [5.41, 5.74) is 0. The molecule has 0 aliphatic carbocycles. The molecule has 6 heteroatoms. The van der Waals surface area contributed by atoms with Gasteiger partial charge in [0.2, 0.25) is 10.0 Å². The molecule has 0 bridgehead atoms. The Labute approximate surface area is 116 Å². The number of sulfonamides is 1. The highest BCUT2D eigenvalue weighted by Gasteiger charge is 2.43. The van der Waals surface area contributed by atoms with Crippen LogP contribution in [0.5, 0.6) is 0 Å². The lowest BCUT2D eigenvalue weighted by atomic mass is 10.1. The molecule has 18 heavy (non-hydrogen) atoms. The van der Waals surface area contributed by atoms with Gasteiger partial charge in [-0.2, -0.15) is 4.31 Å². The van der Waals surface area contributed by atoms with Crippen LogP contribution in [0.2, 0.25) is 0 Å². The van der Waals surface area contributed by atoms with Crippen LogP contribution in [0.25, 0.3) is 0 Å². The first kappa shape index (κ1) is 12.6. The van der Waals surface area contributed by atoms with E-state index in [1.54, 1.807) is 28.6 Å². The first-order valence-corrected chi connectivity index (χ1v) is 8.30. The molecule has 4 nitrogen and oxygen atoms in total. The standard InChI is InChI=1S/C12H15BrN2O2S/c13-10-1-3-11(4-2-10)18(16,17)15-6-5-9-7-14-8-12(9)15/h1-4,9,12,14H,5-8H2/t9-,12+/m1/s1. The SMILES string of the molecule is O=S(=O)(c1ccc(Br)cc1)N1CC[C@@H]2CNC[C@@H]21. The Hall–Kier alpha value is -0.430. The van der Waals surface area contributed by atoms with E-state index in [1.807, 2.05) is 0 Å². The van der Waals surface area contributed by atoms with Gasteiger partial charge in [0.05, 0.1) is 4.90 Å². The lowest BCUT2D eigenvalue weighted by molar-refractivity contribution is 0.383. The molecule has 3 rings (SSSR count). The molecule has 2 aliphatic heterocycles. The largest absolute Gasteiger partial charge is 0.315 e. The van der Waals surface area contributed by atoms with Crippen molar-refractivity contribution in [3.05, 3.63) is 28.7 Å². The molecule has 0 radical (unpaired) electrons. The predicted molar refractivity (Wildman–Crippen MR) is 72.8 cm³/mol. The summed E-state index contributed by atoms with van der Waals surface area (Å²) < 4.78 is 27.7. The maximum Gasteiger partial charge on any atom is 0.243 e. The number of hydrogen-bond donors (Lipinski definition) is 1. The number of hydrogen-bond acceptors (Lipinski definition) is 3. The zero-order valence-electron chi connectivity index (χ0n) is 9.84. The van der Waals surface area contributed by atoms with Gasteiger partial charge in [-0.25, -0.2) is 8.42 Å². The highest BCUT2D eigenvalue weighted by Crippen LogP contribution is 2.32. The molecule has 0 saturated carbocycles. The molecule has 98 valence electrons. The van der Waals surface area contributed by atoms with Gasteiger partial charge < -0.3 is 5.32 Å². The van der Waals surface area contributed by atoms with Gasteiger partial charge in [0, 0.05) is 23.6 Å². The summed E-state index contributed by atoms with van der Waals surface area (Å²) in [6.45, 7) is 2.37. The van der Waals surface area contributed by atoms with Crippen LogP contribution in [0.3, 0.4) is 0 Å². The molecule has 0 unspecified atom stereocenters. The van der Waals surface area contributed by atoms with E-state index in [-0.39, 0.29) is 6.04 Å². The second-order valence-electron chi connectivity index (χ2n) is 4.84. The van der Waals surface area contributed by atoms with Crippen LogP contribution in [-0.4, -0.2) is 38.4 Å². The van der Waals surface area contributed by atoms with Gasteiger partial charge in [-0.1, -0.05) is 15.9 Å². The third-order valence-electron chi connectivity index (χ3n) is 3.81. The monoisotopic (exact) mass is 330 g/mol. The maximum atomic E-state index is 12.6. The van der Waals surface area contributed by atoms with Gasteiger partial charge in [-0.15, -0.1) is 0 Å². The Morgan fingerprint density at radius 2 is 1.94 bits per heavy atom. The molecular formula is C12H15BrN2O2S. The van der Waals surface area contributed by atoms with Crippen molar-refractivity contribution in [3.63, 3.8) is 0 Å². The smallest absolute Gasteiger partial charge is 0.243 e. The number of benzene rings is 1. The summed E-state index contributed by atoms with van der Waals surface area (Å²) in [5, 5.41) is 3.27. The van der Waals surface area contributed by atoms with E-state index in [2.05, 4.69) is 21.2 Å². The highest BCUT2D eigenvalue weighted by atomic mass is 79.9. The molecule has 2 atom stereocenters. The fraction of sp³-hybridized carbons (Fsp3) is 0.500.